The van der Waals surface area contributed by atoms with Crippen LogP contribution in [0.4, 0.5) is 0 Å². The van der Waals surface area contributed by atoms with Crippen molar-refractivity contribution in [3.8, 4) is 11.8 Å². The Bertz CT molecular complexity index is 938. The van der Waals surface area contributed by atoms with E-state index in [9.17, 15) is 0 Å². The van der Waals surface area contributed by atoms with E-state index in [1.807, 2.05) is 13.8 Å². The van der Waals surface area contributed by atoms with E-state index in [0.717, 1.165) is 35.3 Å². The quantitative estimate of drug-likeness (QED) is 0.332. The minimum Gasteiger partial charge on any atom is -0.493 e. The zero-order chi connectivity index (χ0) is 22.2. The summed E-state index contributed by atoms with van der Waals surface area (Å²) in [5, 5.41) is 0. The molecule has 3 aliphatic carbocycles. The lowest BCUT2D eigenvalue weighted by Gasteiger charge is -2.27. The van der Waals surface area contributed by atoms with Gasteiger partial charge < -0.3 is 4.74 Å². The summed E-state index contributed by atoms with van der Waals surface area (Å²) in [6, 6.07) is 17.5. The first-order valence-corrected chi connectivity index (χ1v) is 12.9. The maximum atomic E-state index is 6.30. The van der Waals surface area contributed by atoms with E-state index in [1.54, 1.807) is 0 Å². The van der Waals surface area contributed by atoms with Gasteiger partial charge in [0.1, 0.15) is 5.76 Å². The van der Waals surface area contributed by atoms with E-state index in [1.165, 1.54) is 80.9 Å². The molecule has 0 aliphatic heterocycles. The van der Waals surface area contributed by atoms with Crippen LogP contribution in [0.3, 0.4) is 0 Å². The summed E-state index contributed by atoms with van der Waals surface area (Å²) in [7, 11) is 0. The van der Waals surface area contributed by atoms with Crippen molar-refractivity contribution < 1.29 is 4.74 Å². The molecule has 0 unspecified atom stereocenters. The smallest absolute Gasteiger partial charge is 0.125 e. The summed E-state index contributed by atoms with van der Waals surface area (Å²) in [6.07, 6.45) is 13.2. The maximum Gasteiger partial charge on any atom is 0.125 e. The molecule has 1 nitrogen and oxygen atoms in total. The first kappa shape index (κ1) is 22.7. The molecule has 0 atom stereocenters. The molecule has 0 bridgehead atoms. The summed E-state index contributed by atoms with van der Waals surface area (Å²) in [5.41, 5.74) is 6.35. The van der Waals surface area contributed by atoms with Crippen LogP contribution in [0.15, 0.2) is 54.1 Å². The minimum absolute atomic E-state index is 0.787. The fourth-order valence-electron chi connectivity index (χ4n) is 4.51. The standard InChI is InChI=1S/C29H32O.C2H6/c1-4-22(5-1)20-21-30-29(27-8-3-9-27)28-18-14-24(15-19-28)11-10-23-12-16-26(17-13-23)25-6-2-7-25;1-2/h12-19,22,25H,1-9,20-21H2;1-2H3. The van der Waals surface area contributed by atoms with Crippen molar-refractivity contribution in [1.82, 2.24) is 0 Å². The Kier molecular flexibility index (Phi) is 8.11. The van der Waals surface area contributed by atoms with E-state index in [2.05, 4.69) is 60.4 Å². The highest BCUT2D eigenvalue weighted by Crippen LogP contribution is 2.37. The Labute approximate surface area is 195 Å². The van der Waals surface area contributed by atoms with Gasteiger partial charge in [0.15, 0.2) is 0 Å². The van der Waals surface area contributed by atoms with E-state index in [-0.39, 0.29) is 0 Å². The lowest BCUT2D eigenvalue weighted by molar-refractivity contribution is 0.199. The second-order valence-corrected chi connectivity index (χ2v) is 9.30. The van der Waals surface area contributed by atoms with E-state index < -0.39 is 0 Å². The van der Waals surface area contributed by atoms with Gasteiger partial charge in [-0.1, -0.05) is 75.6 Å². The van der Waals surface area contributed by atoms with Crippen molar-refractivity contribution in [3.63, 3.8) is 0 Å². The van der Waals surface area contributed by atoms with Gasteiger partial charge in [0.2, 0.25) is 0 Å². The van der Waals surface area contributed by atoms with Gasteiger partial charge in [-0.15, -0.1) is 0 Å². The summed E-state index contributed by atoms with van der Waals surface area (Å²) in [4.78, 5) is 0. The molecular weight excluding hydrogens is 388 g/mol. The Hall–Kier alpha value is -2.46. The van der Waals surface area contributed by atoms with Crippen LogP contribution in [0.25, 0.3) is 5.76 Å². The van der Waals surface area contributed by atoms with E-state index >= 15 is 0 Å². The molecule has 2 aromatic carbocycles. The number of allylic oxidation sites excluding steroid dienone is 1. The predicted molar refractivity (Wildman–Crippen MR) is 135 cm³/mol. The van der Waals surface area contributed by atoms with Crippen LogP contribution >= 0.6 is 0 Å². The molecule has 3 saturated carbocycles. The van der Waals surface area contributed by atoms with Crippen molar-refractivity contribution in [2.24, 2.45) is 5.92 Å². The molecule has 0 amide bonds. The molecule has 3 fully saturated rings. The number of rotatable bonds is 6. The Morgan fingerprint density at radius 1 is 0.781 bits per heavy atom. The fourth-order valence-corrected chi connectivity index (χ4v) is 4.51. The molecule has 0 saturated heterocycles. The van der Waals surface area contributed by atoms with Gasteiger partial charge in [0, 0.05) is 16.7 Å². The van der Waals surface area contributed by atoms with Gasteiger partial charge >= 0.3 is 0 Å². The van der Waals surface area contributed by atoms with Crippen molar-refractivity contribution in [1.29, 1.82) is 0 Å². The second-order valence-electron chi connectivity index (χ2n) is 9.30. The van der Waals surface area contributed by atoms with Crippen molar-refractivity contribution in [3.05, 3.63) is 76.4 Å². The molecule has 5 rings (SSSR count). The largest absolute Gasteiger partial charge is 0.493 e. The summed E-state index contributed by atoms with van der Waals surface area (Å²) in [6.45, 7) is 4.86. The maximum absolute atomic E-state index is 6.30. The molecular formula is C31H38O. The highest BCUT2D eigenvalue weighted by molar-refractivity contribution is 5.65. The van der Waals surface area contributed by atoms with Crippen LogP contribution in [0, 0.1) is 17.8 Å². The summed E-state index contributed by atoms with van der Waals surface area (Å²) in [5.74, 6) is 9.48. The lowest BCUT2D eigenvalue weighted by atomic mass is 9.80. The van der Waals surface area contributed by atoms with Crippen molar-refractivity contribution in [2.75, 3.05) is 6.61 Å². The van der Waals surface area contributed by atoms with Gasteiger partial charge in [-0.05, 0) is 85.8 Å². The molecule has 0 heterocycles. The summed E-state index contributed by atoms with van der Waals surface area (Å²) >= 11 is 0. The number of benzene rings is 2. The number of ether oxygens (including phenoxy) is 1. The zero-order valence-electron chi connectivity index (χ0n) is 20.0. The Morgan fingerprint density at radius 3 is 1.84 bits per heavy atom. The van der Waals surface area contributed by atoms with Gasteiger partial charge in [-0.3, -0.25) is 0 Å². The first-order chi connectivity index (χ1) is 15.8. The third kappa shape index (κ3) is 5.66. The topological polar surface area (TPSA) is 9.23 Å². The van der Waals surface area contributed by atoms with Crippen molar-refractivity contribution in [2.45, 2.75) is 84.0 Å². The monoisotopic (exact) mass is 426 g/mol. The molecule has 0 radical (unpaired) electrons. The lowest BCUT2D eigenvalue weighted by Crippen LogP contribution is -2.14. The van der Waals surface area contributed by atoms with Crippen molar-refractivity contribution >= 4 is 5.76 Å². The third-order valence-electron chi connectivity index (χ3n) is 7.26. The highest BCUT2D eigenvalue weighted by atomic mass is 16.5. The molecule has 0 N–H and O–H groups in total. The van der Waals surface area contributed by atoms with E-state index in [4.69, 9.17) is 4.74 Å². The number of hydrogen-bond donors (Lipinski definition) is 0. The molecule has 3 aliphatic rings. The molecule has 0 spiro atoms. The van der Waals surface area contributed by atoms with Crippen LogP contribution in [-0.4, -0.2) is 6.61 Å². The minimum atomic E-state index is 0.787. The molecule has 168 valence electrons. The SMILES string of the molecule is C(#Cc1ccc(C2CCC2)cc1)c1ccc(C(OCCC2CCC2)=C2CCC2)cc1.CC. The van der Waals surface area contributed by atoms with Gasteiger partial charge in [-0.25, -0.2) is 0 Å². The second kappa shape index (κ2) is 11.4. The first-order valence-electron chi connectivity index (χ1n) is 12.9. The van der Waals surface area contributed by atoms with Crippen LogP contribution < -0.4 is 0 Å². The fraction of sp³-hybridized carbons (Fsp3) is 0.484. The zero-order valence-corrected chi connectivity index (χ0v) is 20.0. The van der Waals surface area contributed by atoms with Crippen LogP contribution in [0.2, 0.25) is 0 Å². The average molecular weight is 427 g/mol. The van der Waals surface area contributed by atoms with E-state index in [0.29, 0.717) is 0 Å². The molecule has 32 heavy (non-hydrogen) atoms. The normalized spacial score (nSPS) is 17.5. The predicted octanol–water partition coefficient (Wildman–Crippen LogP) is 8.48. The van der Waals surface area contributed by atoms with Crippen LogP contribution in [0.5, 0.6) is 0 Å². The number of hydrogen-bond acceptors (Lipinski definition) is 1. The van der Waals surface area contributed by atoms with Crippen LogP contribution in [0.1, 0.15) is 106 Å². The molecule has 1 heteroatoms. The third-order valence-corrected chi connectivity index (χ3v) is 7.26. The highest BCUT2D eigenvalue weighted by Gasteiger charge is 2.20. The van der Waals surface area contributed by atoms with Crippen LogP contribution in [-0.2, 0) is 4.74 Å². The molecule has 2 aromatic rings. The summed E-state index contributed by atoms with van der Waals surface area (Å²) < 4.78 is 6.30. The van der Waals surface area contributed by atoms with Gasteiger partial charge in [0.05, 0.1) is 6.61 Å². The molecule has 0 aromatic heterocycles. The average Bonchev–Trinajstić information content (AvgIpc) is 2.73. The van der Waals surface area contributed by atoms with Gasteiger partial charge in [0.25, 0.3) is 0 Å². The Morgan fingerprint density at radius 2 is 1.38 bits per heavy atom. The van der Waals surface area contributed by atoms with Gasteiger partial charge in [-0.2, -0.15) is 0 Å². The Balaban J connectivity index is 0.00000119.